The van der Waals surface area contributed by atoms with Gasteiger partial charge < -0.3 is 15.0 Å². The third-order valence-corrected chi connectivity index (χ3v) is 4.75. The number of benzene rings is 1. The van der Waals surface area contributed by atoms with Crippen LogP contribution in [0.15, 0.2) is 24.3 Å². The highest BCUT2D eigenvalue weighted by molar-refractivity contribution is 5.51. The molecule has 0 amide bonds. The molecule has 0 bridgehead atoms. The predicted octanol–water partition coefficient (Wildman–Crippen LogP) is 3.05. The maximum atomic E-state index is 5.32. The molecule has 3 nitrogen and oxygen atoms in total. The number of ether oxygens (including phenoxy) is 1. The molecular weight excluding hydrogens is 248 g/mol. The Kier molecular flexibility index (Phi) is 4.46. The second-order valence-electron chi connectivity index (χ2n) is 6.19. The van der Waals surface area contributed by atoms with E-state index >= 15 is 0 Å². The van der Waals surface area contributed by atoms with Crippen molar-refractivity contribution in [1.82, 2.24) is 5.32 Å². The van der Waals surface area contributed by atoms with Crippen molar-refractivity contribution in [3.05, 3.63) is 24.3 Å². The van der Waals surface area contributed by atoms with Crippen LogP contribution in [-0.2, 0) is 0 Å². The number of nitrogens with one attached hydrogen (secondary N) is 1. The SMILES string of the molecule is COc1cccc(N2CCC(CNC3CCCC3)C2)c1. The van der Waals surface area contributed by atoms with Crippen molar-refractivity contribution in [1.29, 1.82) is 0 Å². The van der Waals surface area contributed by atoms with E-state index in [1.54, 1.807) is 7.11 Å². The molecule has 1 atom stereocenters. The van der Waals surface area contributed by atoms with Crippen LogP contribution < -0.4 is 15.0 Å². The Labute approximate surface area is 122 Å². The summed E-state index contributed by atoms with van der Waals surface area (Å²) in [5.74, 6) is 1.75. The molecule has 1 saturated heterocycles. The highest BCUT2D eigenvalue weighted by Crippen LogP contribution is 2.27. The standard InChI is InChI=1S/C17H26N2O/c1-20-17-8-4-7-16(11-17)19-10-9-14(13-19)12-18-15-5-2-3-6-15/h4,7-8,11,14-15,18H,2-3,5-6,9-10,12-13H2,1H3. The lowest BCUT2D eigenvalue weighted by molar-refractivity contribution is 0.415. The summed E-state index contributed by atoms with van der Waals surface area (Å²) in [6.45, 7) is 3.53. The highest BCUT2D eigenvalue weighted by Gasteiger charge is 2.24. The Hall–Kier alpha value is -1.22. The Bertz CT molecular complexity index is 429. The topological polar surface area (TPSA) is 24.5 Å². The molecule has 1 aliphatic carbocycles. The molecule has 1 unspecified atom stereocenters. The van der Waals surface area contributed by atoms with Crippen LogP contribution in [0.3, 0.4) is 0 Å². The molecule has 1 heterocycles. The molecule has 1 saturated carbocycles. The van der Waals surface area contributed by atoms with Gasteiger partial charge in [0.2, 0.25) is 0 Å². The summed E-state index contributed by atoms with van der Waals surface area (Å²) in [5, 5.41) is 3.77. The number of hydrogen-bond acceptors (Lipinski definition) is 3. The van der Waals surface area contributed by atoms with Crippen molar-refractivity contribution < 1.29 is 4.74 Å². The van der Waals surface area contributed by atoms with Crippen LogP contribution >= 0.6 is 0 Å². The van der Waals surface area contributed by atoms with Gasteiger partial charge in [0.05, 0.1) is 7.11 Å². The van der Waals surface area contributed by atoms with Crippen LogP contribution in [0.5, 0.6) is 5.75 Å². The minimum Gasteiger partial charge on any atom is -0.497 e. The van der Waals surface area contributed by atoms with Gasteiger partial charge in [-0.15, -0.1) is 0 Å². The third kappa shape index (κ3) is 3.26. The number of nitrogens with zero attached hydrogens (tertiary/aromatic N) is 1. The fourth-order valence-electron chi connectivity index (χ4n) is 3.50. The van der Waals surface area contributed by atoms with Crippen LogP contribution in [0.1, 0.15) is 32.1 Å². The van der Waals surface area contributed by atoms with Crippen LogP contribution in [0, 0.1) is 5.92 Å². The molecule has 3 heteroatoms. The zero-order valence-corrected chi connectivity index (χ0v) is 12.5. The van der Waals surface area contributed by atoms with E-state index < -0.39 is 0 Å². The Balaban J connectivity index is 1.50. The average Bonchev–Trinajstić information content (AvgIpc) is 3.16. The number of hydrogen-bond donors (Lipinski definition) is 1. The molecule has 2 fully saturated rings. The minimum absolute atomic E-state index is 0.792. The van der Waals surface area contributed by atoms with Crippen molar-refractivity contribution in [2.45, 2.75) is 38.1 Å². The van der Waals surface area contributed by atoms with Gasteiger partial charge in [0.25, 0.3) is 0 Å². The molecule has 110 valence electrons. The lowest BCUT2D eigenvalue weighted by Gasteiger charge is -2.20. The summed E-state index contributed by atoms with van der Waals surface area (Å²) < 4.78 is 5.32. The van der Waals surface area contributed by atoms with Crippen molar-refractivity contribution in [2.75, 3.05) is 31.6 Å². The lowest BCUT2D eigenvalue weighted by Crippen LogP contribution is -2.32. The van der Waals surface area contributed by atoms with Gasteiger partial charge in [-0.3, -0.25) is 0 Å². The van der Waals surface area contributed by atoms with E-state index in [2.05, 4.69) is 28.4 Å². The molecule has 0 spiro atoms. The summed E-state index contributed by atoms with van der Waals surface area (Å²) in [7, 11) is 1.73. The molecule has 1 aromatic carbocycles. The molecular formula is C17H26N2O. The maximum Gasteiger partial charge on any atom is 0.120 e. The second kappa shape index (κ2) is 6.49. The zero-order chi connectivity index (χ0) is 13.8. The number of methoxy groups -OCH3 is 1. The Morgan fingerprint density at radius 2 is 2.10 bits per heavy atom. The summed E-state index contributed by atoms with van der Waals surface area (Å²) >= 11 is 0. The Morgan fingerprint density at radius 3 is 2.90 bits per heavy atom. The first-order chi connectivity index (χ1) is 9.85. The molecule has 0 radical (unpaired) electrons. The second-order valence-corrected chi connectivity index (χ2v) is 6.19. The molecule has 1 aromatic rings. The normalized spacial score (nSPS) is 23.4. The minimum atomic E-state index is 0.792. The van der Waals surface area contributed by atoms with Gasteiger partial charge in [0.15, 0.2) is 0 Å². The van der Waals surface area contributed by atoms with Crippen molar-refractivity contribution in [3.8, 4) is 5.75 Å². The largest absolute Gasteiger partial charge is 0.497 e. The summed E-state index contributed by atoms with van der Waals surface area (Å²) in [6, 6.07) is 9.22. The quantitative estimate of drug-likeness (QED) is 0.893. The van der Waals surface area contributed by atoms with Gasteiger partial charge in [-0.2, -0.15) is 0 Å². The fraction of sp³-hybridized carbons (Fsp3) is 0.647. The number of anilines is 1. The van der Waals surface area contributed by atoms with Gasteiger partial charge in [0, 0.05) is 30.9 Å². The Morgan fingerprint density at radius 1 is 1.25 bits per heavy atom. The lowest BCUT2D eigenvalue weighted by atomic mass is 10.1. The first-order valence-electron chi connectivity index (χ1n) is 7.97. The van der Waals surface area contributed by atoms with Gasteiger partial charge in [-0.25, -0.2) is 0 Å². The van der Waals surface area contributed by atoms with Crippen LogP contribution in [0.4, 0.5) is 5.69 Å². The van der Waals surface area contributed by atoms with Crippen LogP contribution in [0.2, 0.25) is 0 Å². The molecule has 1 aliphatic heterocycles. The van der Waals surface area contributed by atoms with Crippen molar-refractivity contribution in [3.63, 3.8) is 0 Å². The molecule has 20 heavy (non-hydrogen) atoms. The van der Waals surface area contributed by atoms with E-state index in [0.717, 1.165) is 17.7 Å². The highest BCUT2D eigenvalue weighted by atomic mass is 16.5. The third-order valence-electron chi connectivity index (χ3n) is 4.75. The molecule has 3 rings (SSSR count). The van der Waals surface area contributed by atoms with Gasteiger partial charge >= 0.3 is 0 Å². The van der Waals surface area contributed by atoms with E-state index in [1.165, 1.54) is 57.4 Å². The van der Waals surface area contributed by atoms with Crippen molar-refractivity contribution in [2.24, 2.45) is 5.92 Å². The summed E-state index contributed by atoms with van der Waals surface area (Å²) in [5.41, 5.74) is 1.30. The molecule has 0 aromatic heterocycles. The van der Waals surface area contributed by atoms with Gasteiger partial charge in [0.1, 0.15) is 5.75 Å². The van der Waals surface area contributed by atoms with E-state index in [0.29, 0.717) is 0 Å². The van der Waals surface area contributed by atoms with Crippen molar-refractivity contribution >= 4 is 5.69 Å². The maximum absolute atomic E-state index is 5.32. The van der Waals surface area contributed by atoms with E-state index in [4.69, 9.17) is 4.74 Å². The first kappa shape index (κ1) is 13.7. The van der Waals surface area contributed by atoms with Crippen LogP contribution in [0.25, 0.3) is 0 Å². The first-order valence-corrected chi connectivity index (χ1v) is 7.97. The fourth-order valence-corrected chi connectivity index (χ4v) is 3.50. The van der Waals surface area contributed by atoms with Crippen LogP contribution in [-0.4, -0.2) is 32.8 Å². The monoisotopic (exact) mass is 274 g/mol. The molecule has 2 aliphatic rings. The van der Waals surface area contributed by atoms with E-state index in [1.807, 2.05) is 6.07 Å². The van der Waals surface area contributed by atoms with Gasteiger partial charge in [-0.1, -0.05) is 18.9 Å². The summed E-state index contributed by atoms with van der Waals surface area (Å²) in [4.78, 5) is 2.49. The molecule has 1 N–H and O–H groups in total. The van der Waals surface area contributed by atoms with E-state index in [9.17, 15) is 0 Å². The average molecular weight is 274 g/mol. The van der Waals surface area contributed by atoms with E-state index in [-0.39, 0.29) is 0 Å². The number of rotatable bonds is 5. The van der Waals surface area contributed by atoms with Gasteiger partial charge in [-0.05, 0) is 43.9 Å². The summed E-state index contributed by atoms with van der Waals surface area (Å²) in [6.07, 6.45) is 6.89. The zero-order valence-electron chi connectivity index (χ0n) is 12.5. The predicted molar refractivity (Wildman–Crippen MR) is 83.6 cm³/mol. The smallest absolute Gasteiger partial charge is 0.120 e.